The van der Waals surface area contributed by atoms with Crippen molar-refractivity contribution in [3.05, 3.63) is 36.4 Å². The fourth-order valence-corrected chi connectivity index (χ4v) is 1.06. The minimum Gasteiger partial charge on any atom is -0.399 e. The quantitative estimate of drug-likeness (QED) is 0.460. The van der Waals surface area contributed by atoms with Gasteiger partial charge in [0.15, 0.2) is 0 Å². The van der Waals surface area contributed by atoms with E-state index in [-0.39, 0.29) is 5.24 Å². The Balaban J connectivity index is 2.54. The van der Waals surface area contributed by atoms with Crippen LogP contribution in [0.25, 0.3) is 0 Å². The SMILES string of the molecule is C/C=N\C(=C/C)OC(=S)Oc1ccccn1. The highest BCUT2D eigenvalue weighted by Crippen LogP contribution is 2.07. The number of pyridine rings is 1. The molecule has 0 atom stereocenters. The summed E-state index contributed by atoms with van der Waals surface area (Å²) in [5.41, 5.74) is 0. The molecule has 0 saturated heterocycles. The maximum atomic E-state index is 5.18. The normalized spacial score (nSPS) is 11.5. The van der Waals surface area contributed by atoms with Crippen molar-refractivity contribution < 1.29 is 9.47 Å². The maximum Gasteiger partial charge on any atom is 0.366 e. The van der Waals surface area contributed by atoms with Crippen LogP contribution < -0.4 is 4.74 Å². The van der Waals surface area contributed by atoms with Gasteiger partial charge in [0.25, 0.3) is 0 Å². The van der Waals surface area contributed by atoms with Crippen LogP contribution in [0.3, 0.4) is 0 Å². The van der Waals surface area contributed by atoms with Gasteiger partial charge in [-0.15, -0.1) is 0 Å². The number of hydrogen-bond donors (Lipinski definition) is 0. The second-order valence-corrected chi connectivity index (χ2v) is 2.97. The van der Waals surface area contributed by atoms with Gasteiger partial charge in [-0.1, -0.05) is 6.07 Å². The number of ether oxygens (including phenoxy) is 2. The smallest absolute Gasteiger partial charge is 0.366 e. The Morgan fingerprint density at radius 2 is 2.25 bits per heavy atom. The molecule has 5 heteroatoms. The zero-order valence-electron chi connectivity index (χ0n) is 9.08. The van der Waals surface area contributed by atoms with E-state index in [0.717, 1.165) is 0 Å². The van der Waals surface area contributed by atoms with E-state index in [1.807, 2.05) is 0 Å². The van der Waals surface area contributed by atoms with Crippen LogP contribution in [0.4, 0.5) is 0 Å². The lowest BCUT2D eigenvalue weighted by atomic mass is 10.5. The van der Waals surface area contributed by atoms with Gasteiger partial charge in [0, 0.05) is 30.7 Å². The Bertz CT molecular complexity index is 402. The van der Waals surface area contributed by atoms with Crippen LogP contribution in [0.1, 0.15) is 13.8 Å². The van der Waals surface area contributed by atoms with Crippen LogP contribution in [0, 0.1) is 0 Å². The summed E-state index contributed by atoms with van der Waals surface area (Å²) in [6, 6.07) is 5.27. The van der Waals surface area contributed by atoms with E-state index in [9.17, 15) is 0 Å². The third-order valence-corrected chi connectivity index (χ3v) is 1.68. The number of hydrogen-bond acceptors (Lipinski definition) is 5. The molecule has 0 aliphatic heterocycles. The summed E-state index contributed by atoms with van der Waals surface area (Å²) in [5.74, 6) is 0.784. The van der Waals surface area contributed by atoms with E-state index in [1.54, 1.807) is 50.5 Å². The average molecular weight is 236 g/mol. The number of aromatic nitrogens is 1. The van der Waals surface area contributed by atoms with Crippen molar-refractivity contribution in [1.82, 2.24) is 4.98 Å². The second-order valence-electron chi connectivity index (χ2n) is 2.64. The van der Waals surface area contributed by atoms with Gasteiger partial charge in [-0.2, -0.15) is 0 Å². The predicted octanol–water partition coefficient (Wildman–Crippen LogP) is 2.71. The lowest BCUT2D eigenvalue weighted by Crippen LogP contribution is -2.10. The monoisotopic (exact) mass is 236 g/mol. The first-order valence-electron chi connectivity index (χ1n) is 4.72. The molecular weight excluding hydrogens is 224 g/mol. The van der Waals surface area contributed by atoms with Crippen LogP contribution in [-0.2, 0) is 4.74 Å². The van der Waals surface area contributed by atoms with Crippen LogP contribution in [-0.4, -0.2) is 16.4 Å². The largest absolute Gasteiger partial charge is 0.399 e. The van der Waals surface area contributed by atoms with Crippen molar-refractivity contribution in [1.29, 1.82) is 0 Å². The summed E-state index contributed by atoms with van der Waals surface area (Å²) in [5, 5.41) is -0.0302. The van der Waals surface area contributed by atoms with Crippen molar-refractivity contribution in [2.24, 2.45) is 4.99 Å². The molecule has 1 aromatic rings. The molecule has 0 aliphatic carbocycles. The molecule has 1 aromatic heterocycles. The molecule has 0 saturated carbocycles. The molecule has 0 spiro atoms. The number of rotatable bonds is 3. The van der Waals surface area contributed by atoms with E-state index in [1.165, 1.54) is 0 Å². The van der Waals surface area contributed by atoms with E-state index >= 15 is 0 Å². The zero-order chi connectivity index (χ0) is 11.8. The molecule has 16 heavy (non-hydrogen) atoms. The van der Waals surface area contributed by atoms with Crippen LogP contribution in [0.2, 0.25) is 0 Å². The van der Waals surface area contributed by atoms with E-state index in [0.29, 0.717) is 11.8 Å². The summed E-state index contributed by atoms with van der Waals surface area (Å²) in [4.78, 5) is 7.90. The molecule has 0 aliphatic rings. The number of thiocarbonyl (C=S) groups is 1. The minimum atomic E-state index is -0.0302. The molecule has 1 rings (SSSR count). The molecule has 1 heterocycles. The number of nitrogens with zero attached hydrogens (tertiary/aromatic N) is 2. The first kappa shape index (κ1) is 12.3. The molecule has 0 radical (unpaired) electrons. The average Bonchev–Trinajstić information content (AvgIpc) is 2.29. The van der Waals surface area contributed by atoms with Crippen LogP contribution in [0.15, 0.2) is 41.3 Å². The standard InChI is InChI=1S/C11H12N2O2S/c1-3-9(12-4-2)14-11(16)15-10-7-5-6-8-13-10/h3-8H,1-2H3/b9-3+,12-4-. The van der Waals surface area contributed by atoms with E-state index < -0.39 is 0 Å². The van der Waals surface area contributed by atoms with Crippen molar-refractivity contribution >= 4 is 23.7 Å². The van der Waals surface area contributed by atoms with Crippen LogP contribution in [0.5, 0.6) is 5.88 Å². The molecule has 0 aromatic carbocycles. The predicted molar refractivity (Wildman–Crippen MR) is 66.5 cm³/mol. The fraction of sp³-hybridized carbons (Fsp3) is 0.182. The van der Waals surface area contributed by atoms with Gasteiger partial charge in [-0.25, -0.2) is 9.98 Å². The van der Waals surface area contributed by atoms with Gasteiger partial charge >= 0.3 is 5.24 Å². The molecule has 4 nitrogen and oxygen atoms in total. The molecule has 84 valence electrons. The van der Waals surface area contributed by atoms with E-state index in [2.05, 4.69) is 9.98 Å². The Hall–Kier alpha value is -1.75. The first-order chi connectivity index (χ1) is 7.76. The fourth-order valence-electron chi connectivity index (χ4n) is 0.886. The van der Waals surface area contributed by atoms with Gasteiger partial charge in [0.05, 0.1) is 0 Å². The summed E-state index contributed by atoms with van der Waals surface area (Å²) < 4.78 is 10.4. The van der Waals surface area contributed by atoms with Gasteiger partial charge in [-0.3, -0.25) is 0 Å². The molecule has 0 bridgehead atoms. The lowest BCUT2D eigenvalue weighted by molar-refractivity contribution is 0.317. The Labute approximate surface area is 99.6 Å². The van der Waals surface area contributed by atoms with Crippen molar-refractivity contribution in [2.75, 3.05) is 0 Å². The van der Waals surface area contributed by atoms with Gasteiger partial charge < -0.3 is 9.47 Å². The summed E-state index contributed by atoms with van der Waals surface area (Å²) in [6.07, 6.45) is 4.91. The van der Waals surface area contributed by atoms with Crippen molar-refractivity contribution in [3.63, 3.8) is 0 Å². The number of aliphatic imine (C=N–C) groups is 1. The molecule has 0 amide bonds. The molecule has 0 N–H and O–H groups in total. The zero-order valence-corrected chi connectivity index (χ0v) is 9.90. The Morgan fingerprint density at radius 3 is 2.81 bits per heavy atom. The van der Waals surface area contributed by atoms with E-state index in [4.69, 9.17) is 21.7 Å². The van der Waals surface area contributed by atoms with Crippen LogP contribution >= 0.6 is 12.2 Å². The second kappa shape index (κ2) is 6.68. The van der Waals surface area contributed by atoms with Crippen molar-refractivity contribution in [3.8, 4) is 5.88 Å². The van der Waals surface area contributed by atoms with Gasteiger partial charge in [-0.05, 0) is 26.0 Å². The first-order valence-corrected chi connectivity index (χ1v) is 5.12. The molecular formula is C11H12N2O2S. The Kier molecular flexibility index (Phi) is 5.15. The summed E-state index contributed by atoms with van der Waals surface area (Å²) in [6.45, 7) is 3.58. The lowest BCUT2D eigenvalue weighted by Gasteiger charge is -2.06. The summed E-state index contributed by atoms with van der Waals surface area (Å²) in [7, 11) is 0. The molecule has 0 fully saturated rings. The third kappa shape index (κ3) is 4.18. The molecule has 0 unspecified atom stereocenters. The van der Waals surface area contributed by atoms with Gasteiger partial charge in [0.1, 0.15) is 0 Å². The highest BCUT2D eigenvalue weighted by molar-refractivity contribution is 7.79. The topological polar surface area (TPSA) is 43.7 Å². The highest BCUT2D eigenvalue weighted by Gasteiger charge is 2.04. The maximum absolute atomic E-state index is 5.18. The van der Waals surface area contributed by atoms with Gasteiger partial charge in [0.2, 0.25) is 11.8 Å². The number of allylic oxidation sites excluding steroid dienone is 1. The highest BCUT2D eigenvalue weighted by atomic mass is 32.1. The minimum absolute atomic E-state index is 0.0302. The third-order valence-electron chi connectivity index (χ3n) is 1.52. The van der Waals surface area contributed by atoms with Crippen molar-refractivity contribution in [2.45, 2.75) is 13.8 Å². The Morgan fingerprint density at radius 1 is 1.44 bits per heavy atom. The summed E-state index contributed by atoms with van der Waals surface area (Å²) >= 11 is 4.89.